The minimum atomic E-state index is -0.00420. The van der Waals surface area contributed by atoms with E-state index >= 15 is 0 Å². The molecular weight excluding hydrogens is 400 g/mol. The number of fused-ring (bicyclic) bond motifs is 1. The Hall–Kier alpha value is -3.93. The second kappa shape index (κ2) is 8.30. The van der Waals surface area contributed by atoms with Gasteiger partial charge < -0.3 is 9.47 Å². The van der Waals surface area contributed by atoms with Gasteiger partial charge in [-0.2, -0.15) is 5.10 Å². The van der Waals surface area contributed by atoms with Gasteiger partial charge in [-0.3, -0.25) is 4.98 Å². The van der Waals surface area contributed by atoms with Gasteiger partial charge in [0.2, 0.25) is 0 Å². The standard InChI is InChI=1S/C26H24N4O2/c1-17-25(18-8-5-4-6-9-18)26-28-21(19-11-12-23(31-2)24(14-19)32-3)15-22(30(26)29-17)20-10-7-13-27-16-20/h4-14,16,22H,15H2,1-3H3. The number of methoxy groups -OCH3 is 2. The molecule has 0 fully saturated rings. The fourth-order valence-corrected chi connectivity index (χ4v) is 4.28. The molecule has 2 aromatic heterocycles. The van der Waals surface area contributed by atoms with Gasteiger partial charge >= 0.3 is 0 Å². The van der Waals surface area contributed by atoms with Crippen molar-refractivity contribution in [1.82, 2.24) is 14.8 Å². The highest BCUT2D eigenvalue weighted by Gasteiger charge is 2.30. The lowest BCUT2D eigenvalue weighted by Crippen LogP contribution is -2.21. The molecule has 0 bridgehead atoms. The zero-order valence-electron chi connectivity index (χ0n) is 18.3. The molecule has 2 aromatic carbocycles. The Balaban J connectivity index is 1.71. The molecular formula is C26H24N4O2. The van der Waals surface area contributed by atoms with E-state index in [4.69, 9.17) is 19.6 Å². The summed E-state index contributed by atoms with van der Waals surface area (Å²) in [6.07, 6.45) is 4.40. The number of ether oxygens (including phenoxy) is 2. The summed E-state index contributed by atoms with van der Waals surface area (Å²) < 4.78 is 13.0. The van der Waals surface area contributed by atoms with Gasteiger partial charge in [-0.15, -0.1) is 0 Å². The fourth-order valence-electron chi connectivity index (χ4n) is 4.28. The summed E-state index contributed by atoms with van der Waals surface area (Å²) in [5.74, 6) is 2.24. The molecule has 1 atom stereocenters. The Bertz CT molecular complexity index is 1280. The molecule has 5 rings (SSSR count). The first-order chi connectivity index (χ1) is 15.7. The summed E-state index contributed by atoms with van der Waals surface area (Å²) in [5, 5.41) is 4.91. The summed E-state index contributed by atoms with van der Waals surface area (Å²) in [5.41, 5.74) is 6.19. The van der Waals surface area contributed by atoms with Gasteiger partial charge in [-0.1, -0.05) is 36.4 Å². The Morgan fingerprint density at radius 3 is 2.44 bits per heavy atom. The number of aromatic nitrogens is 3. The number of benzene rings is 2. The van der Waals surface area contributed by atoms with E-state index in [0.717, 1.165) is 39.5 Å². The van der Waals surface area contributed by atoms with E-state index < -0.39 is 0 Å². The molecule has 6 nitrogen and oxygen atoms in total. The van der Waals surface area contributed by atoms with Crippen molar-refractivity contribution in [3.8, 4) is 22.6 Å². The van der Waals surface area contributed by atoms with Crippen LogP contribution in [-0.2, 0) is 0 Å². The van der Waals surface area contributed by atoms with Gasteiger partial charge in [0.25, 0.3) is 0 Å². The van der Waals surface area contributed by atoms with Crippen LogP contribution in [-0.4, -0.2) is 34.7 Å². The van der Waals surface area contributed by atoms with Crippen molar-refractivity contribution in [3.05, 3.63) is 89.9 Å². The van der Waals surface area contributed by atoms with Gasteiger partial charge in [-0.05, 0) is 42.3 Å². The molecule has 0 spiro atoms. The third-order valence-corrected chi connectivity index (χ3v) is 5.83. The summed E-state index contributed by atoms with van der Waals surface area (Å²) in [6, 6.07) is 20.3. The highest BCUT2D eigenvalue weighted by Crippen LogP contribution is 2.42. The molecule has 0 aliphatic carbocycles. The molecule has 4 aromatic rings. The highest BCUT2D eigenvalue weighted by molar-refractivity contribution is 6.04. The van der Waals surface area contributed by atoms with Crippen LogP contribution >= 0.6 is 0 Å². The van der Waals surface area contributed by atoms with Crippen molar-refractivity contribution >= 4 is 11.5 Å². The Kier molecular flexibility index (Phi) is 5.19. The van der Waals surface area contributed by atoms with E-state index in [9.17, 15) is 0 Å². The van der Waals surface area contributed by atoms with Crippen molar-refractivity contribution in [2.75, 3.05) is 14.2 Å². The van der Waals surface area contributed by atoms with E-state index in [1.54, 1.807) is 20.4 Å². The minimum absolute atomic E-state index is 0.00420. The third-order valence-electron chi connectivity index (χ3n) is 5.83. The van der Waals surface area contributed by atoms with Crippen molar-refractivity contribution in [1.29, 1.82) is 0 Å². The Labute approximate surface area is 187 Å². The van der Waals surface area contributed by atoms with Gasteiger partial charge in [0.1, 0.15) is 0 Å². The largest absolute Gasteiger partial charge is 0.493 e. The fraction of sp³-hybridized carbons (Fsp3) is 0.192. The molecule has 1 aliphatic heterocycles. The van der Waals surface area contributed by atoms with Gasteiger partial charge in [0, 0.05) is 29.9 Å². The van der Waals surface area contributed by atoms with Gasteiger partial charge in [0.15, 0.2) is 17.3 Å². The maximum absolute atomic E-state index is 5.54. The molecule has 1 unspecified atom stereocenters. The second-order valence-electron chi connectivity index (χ2n) is 7.73. The van der Waals surface area contributed by atoms with E-state index in [-0.39, 0.29) is 6.04 Å². The van der Waals surface area contributed by atoms with Crippen molar-refractivity contribution in [2.45, 2.75) is 19.4 Å². The maximum Gasteiger partial charge on any atom is 0.161 e. The topological polar surface area (TPSA) is 61.5 Å². The molecule has 0 saturated carbocycles. The second-order valence-corrected chi connectivity index (χ2v) is 7.73. The first-order valence-corrected chi connectivity index (χ1v) is 10.5. The SMILES string of the molecule is COc1ccc(C2=Nc3c(-c4ccccc4)c(C)nn3C(c3cccnc3)C2)cc1OC. The lowest BCUT2D eigenvalue weighted by atomic mass is 9.96. The number of hydrogen-bond donors (Lipinski definition) is 0. The van der Waals surface area contributed by atoms with E-state index in [1.807, 2.05) is 60.3 Å². The lowest BCUT2D eigenvalue weighted by molar-refractivity contribution is 0.355. The number of aryl methyl sites for hydroxylation is 1. The average molecular weight is 425 g/mol. The van der Waals surface area contributed by atoms with Crippen LogP contribution in [0.3, 0.4) is 0 Å². The monoisotopic (exact) mass is 424 g/mol. The molecule has 160 valence electrons. The quantitative estimate of drug-likeness (QED) is 0.431. The van der Waals surface area contributed by atoms with Crippen molar-refractivity contribution < 1.29 is 9.47 Å². The van der Waals surface area contributed by atoms with E-state index in [0.29, 0.717) is 17.9 Å². The first-order valence-electron chi connectivity index (χ1n) is 10.5. The number of nitrogens with zero attached hydrogens (tertiary/aromatic N) is 4. The average Bonchev–Trinajstić information content (AvgIpc) is 3.19. The third kappa shape index (κ3) is 3.43. The van der Waals surface area contributed by atoms with Crippen LogP contribution in [0.1, 0.15) is 29.3 Å². The zero-order chi connectivity index (χ0) is 22.1. The van der Waals surface area contributed by atoms with Crippen molar-refractivity contribution in [2.24, 2.45) is 4.99 Å². The normalized spacial score (nSPS) is 15.1. The molecule has 3 heterocycles. The minimum Gasteiger partial charge on any atom is -0.493 e. The molecule has 0 N–H and O–H groups in total. The van der Waals surface area contributed by atoms with Gasteiger partial charge in [-0.25, -0.2) is 9.67 Å². The zero-order valence-corrected chi connectivity index (χ0v) is 18.3. The van der Waals surface area contributed by atoms with E-state index in [2.05, 4.69) is 23.2 Å². The molecule has 0 saturated heterocycles. The predicted octanol–water partition coefficient (Wildman–Crippen LogP) is 5.38. The molecule has 0 radical (unpaired) electrons. The summed E-state index contributed by atoms with van der Waals surface area (Å²) >= 11 is 0. The van der Waals surface area contributed by atoms with E-state index in [1.165, 1.54) is 0 Å². The van der Waals surface area contributed by atoms with Gasteiger partial charge in [0.05, 0.1) is 31.7 Å². The molecule has 1 aliphatic rings. The summed E-state index contributed by atoms with van der Waals surface area (Å²) in [4.78, 5) is 9.47. The summed E-state index contributed by atoms with van der Waals surface area (Å²) in [6.45, 7) is 2.04. The molecule has 6 heteroatoms. The van der Waals surface area contributed by atoms with Crippen LogP contribution in [0.25, 0.3) is 11.1 Å². The number of pyridine rings is 1. The van der Waals surface area contributed by atoms with Crippen LogP contribution in [0.2, 0.25) is 0 Å². The molecule has 32 heavy (non-hydrogen) atoms. The Morgan fingerprint density at radius 2 is 1.72 bits per heavy atom. The highest BCUT2D eigenvalue weighted by atomic mass is 16.5. The van der Waals surface area contributed by atoms with Crippen molar-refractivity contribution in [3.63, 3.8) is 0 Å². The maximum atomic E-state index is 5.54. The lowest BCUT2D eigenvalue weighted by Gasteiger charge is -2.25. The molecule has 0 amide bonds. The van der Waals surface area contributed by atoms with Crippen LogP contribution in [0.15, 0.2) is 78.0 Å². The van der Waals surface area contributed by atoms with Crippen LogP contribution in [0, 0.1) is 6.92 Å². The summed E-state index contributed by atoms with van der Waals surface area (Å²) in [7, 11) is 3.29. The number of rotatable bonds is 5. The van der Waals surface area contributed by atoms with Crippen LogP contribution < -0.4 is 9.47 Å². The smallest absolute Gasteiger partial charge is 0.161 e. The number of hydrogen-bond acceptors (Lipinski definition) is 5. The Morgan fingerprint density at radius 1 is 0.906 bits per heavy atom. The van der Waals surface area contributed by atoms with Crippen LogP contribution in [0.5, 0.6) is 11.5 Å². The predicted molar refractivity (Wildman–Crippen MR) is 125 cm³/mol. The number of aliphatic imine (C=N–C) groups is 1. The van der Waals surface area contributed by atoms with Crippen LogP contribution in [0.4, 0.5) is 5.82 Å². The first kappa shape index (κ1) is 20.0.